The number of rotatable bonds is 3. The number of hydrogen-bond donors (Lipinski definition) is 0. The number of aryl methyl sites for hydroxylation is 1. The number of azo groups is 1. The Hall–Kier alpha value is -1.05. The molecule has 0 amide bonds. The summed E-state index contributed by atoms with van der Waals surface area (Å²) in [4.78, 5) is 5.57. The Morgan fingerprint density at radius 1 is 1.30 bits per heavy atom. The van der Waals surface area contributed by atoms with Crippen molar-refractivity contribution in [3.05, 3.63) is 40.9 Å². The molecule has 0 N–H and O–H groups in total. The van der Waals surface area contributed by atoms with E-state index in [4.69, 9.17) is 0 Å². The van der Waals surface area contributed by atoms with Gasteiger partial charge in [0.2, 0.25) is 4.20 Å². The zero-order valence-electron chi connectivity index (χ0n) is 11.1. The van der Waals surface area contributed by atoms with Gasteiger partial charge in [0.1, 0.15) is 10.9 Å². The Morgan fingerprint density at radius 2 is 2.05 bits per heavy atom. The van der Waals surface area contributed by atoms with Crippen molar-refractivity contribution in [2.75, 3.05) is 12.1 Å². The SMILES string of the molecule is Cc1nc(-c2ccccc2)sc1C1(S(C)=O)N=NCS1. The molecule has 20 heavy (non-hydrogen) atoms. The van der Waals surface area contributed by atoms with Crippen molar-refractivity contribution in [2.24, 2.45) is 10.2 Å². The van der Waals surface area contributed by atoms with Crippen LogP contribution in [-0.4, -0.2) is 21.3 Å². The zero-order valence-corrected chi connectivity index (χ0v) is 13.5. The van der Waals surface area contributed by atoms with Gasteiger partial charge in [0.25, 0.3) is 0 Å². The molecule has 1 aromatic heterocycles. The Bertz CT molecular complexity index is 683. The van der Waals surface area contributed by atoms with Gasteiger partial charge < -0.3 is 0 Å². The van der Waals surface area contributed by atoms with E-state index in [2.05, 4.69) is 15.2 Å². The first kappa shape index (κ1) is 13.9. The topological polar surface area (TPSA) is 54.7 Å². The summed E-state index contributed by atoms with van der Waals surface area (Å²) in [5, 5.41) is 9.23. The first-order chi connectivity index (χ1) is 9.63. The Balaban J connectivity index is 2.10. The molecule has 4 nitrogen and oxygen atoms in total. The highest BCUT2D eigenvalue weighted by molar-refractivity contribution is 8.11. The lowest BCUT2D eigenvalue weighted by atomic mass is 10.2. The number of nitrogens with zero attached hydrogens (tertiary/aromatic N) is 3. The van der Waals surface area contributed by atoms with Crippen LogP contribution in [0.1, 0.15) is 10.6 Å². The Labute approximate surface area is 128 Å². The summed E-state index contributed by atoms with van der Waals surface area (Å²) in [5.41, 5.74) is 1.96. The average molecular weight is 323 g/mol. The van der Waals surface area contributed by atoms with Crippen molar-refractivity contribution in [2.45, 2.75) is 11.1 Å². The summed E-state index contributed by atoms with van der Waals surface area (Å²) < 4.78 is 11.4. The average Bonchev–Trinajstić information content (AvgIpc) is 3.07. The molecule has 2 heterocycles. The number of hydrogen-bond acceptors (Lipinski definition) is 6. The van der Waals surface area contributed by atoms with Crippen molar-refractivity contribution in [1.29, 1.82) is 0 Å². The maximum Gasteiger partial charge on any atom is 0.238 e. The van der Waals surface area contributed by atoms with Crippen LogP contribution in [0.15, 0.2) is 40.6 Å². The first-order valence-corrected chi connectivity index (χ1v) is 9.39. The van der Waals surface area contributed by atoms with Gasteiger partial charge in [-0.05, 0) is 6.92 Å². The quantitative estimate of drug-likeness (QED) is 0.864. The largest absolute Gasteiger partial charge is 0.256 e. The van der Waals surface area contributed by atoms with E-state index in [0.29, 0.717) is 5.88 Å². The highest BCUT2D eigenvalue weighted by atomic mass is 32.2. The van der Waals surface area contributed by atoms with E-state index in [-0.39, 0.29) is 0 Å². The smallest absolute Gasteiger partial charge is 0.238 e. The number of aromatic nitrogens is 1. The van der Waals surface area contributed by atoms with Crippen LogP contribution in [0.4, 0.5) is 0 Å². The highest BCUT2D eigenvalue weighted by Crippen LogP contribution is 2.49. The van der Waals surface area contributed by atoms with Crippen LogP contribution in [-0.2, 0) is 15.0 Å². The van der Waals surface area contributed by atoms with Crippen LogP contribution < -0.4 is 0 Å². The monoisotopic (exact) mass is 323 g/mol. The molecule has 0 aliphatic carbocycles. The Morgan fingerprint density at radius 3 is 2.65 bits per heavy atom. The van der Waals surface area contributed by atoms with Crippen LogP contribution in [0.5, 0.6) is 0 Å². The summed E-state index contributed by atoms with van der Waals surface area (Å²) in [7, 11) is -1.13. The summed E-state index contributed by atoms with van der Waals surface area (Å²) >= 11 is 3.07. The summed E-state index contributed by atoms with van der Waals surface area (Å²) in [6, 6.07) is 10.0. The first-order valence-electron chi connectivity index (χ1n) is 6.03. The van der Waals surface area contributed by atoms with Gasteiger partial charge in [-0.2, -0.15) is 10.2 Å². The van der Waals surface area contributed by atoms with Crippen LogP contribution in [0.2, 0.25) is 0 Å². The van der Waals surface area contributed by atoms with Gasteiger partial charge in [0.05, 0.1) is 21.4 Å². The molecule has 0 fully saturated rings. The molecule has 2 aromatic rings. The molecule has 1 aromatic carbocycles. The lowest BCUT2D eigenvalue weighted by Crippen LogP contribution is -2.22. The van der Waals surface area contributed by atoms with Gasteiger partial charge >= 0.3 is 0 Å². The van der Waals surface area contributed by atoms with E-state index in [1.165, 1.54) is 11.8 Å². The fourth-order valence-corrected chi connectivity index (χ4v) is 5.90. The normalized spacial score (nSPS) is 23.1. The highest BCUT2D eigenvalue weighted by Gasteiger charge is 2.44. The van der Waals surface area contributed by atoms with E-state index >= 15 is 0 Å². The second-order valence-electron chi connectivity index (χ2n) is 4.35. The molecule has 0 saturated heterocycles. The van der Waals surface area contributed by atoms with Crippen molar-refractivity contribution in [3.63, 3.8) is 0 Å². The van der Waals surface area contributed by atoms with E-state index in [9.17, 15) is 4.21 Å². The van der Waals surface area contributed by atoms with E-state index in [1.54, 1.807) is 17.6 Å². The molecule has 2 unspecified atom stereocenters. The van der Waals surface area contributed by atoms with Gasteiger partial charge in [-0.25, -0.2) is 4.98 Å². The lowest BCUT2D eigenvalue weighted by Gasteiger charge is -2.19. The molecular weight excluding hydrogens is 310 g/mol. The van der Waals surface area contributed by atoms with E-state index in [1.807, 2.05) is 37.3 Å². The number of thiazole rings is 1. The van der Waals surface area contributed by atoms with Crippen molar-refractivity contribution < 1.29 is 4.21 Å². The van der Waals surface area contributed by atoms with Crippen LogP contribution in [0.25, 0.3) is 10.6 Å². The number of benzene rings is 1. The zero-order chi connectivity index (χ0) is 14.2. The third kappa shape index (κ3) is 2.23. The molecule has 1 aliphatic heterocycles. The van der Waals surface area contributed by atoms with E-state index < -0.39 is 15.0 Å². The number of thioether (sulfide) groups is 1. The lowest BCUT2D eigenvalue weighted by molar-refractivity contribution is 0.671. The van der Waals surface area contributed by atoms with Gasteiger partial charge in [0, 0.05) is 11.8 Å². The molecule has 7 heteroatoms. The van der Waals surface area contributed by atoms with Crippen molar-refractivity contribution in [3.8, 4) is 10.6 Å². The Kier molecular flexibility index (Phi) is 3.74. The second-order valence-corrected chi connectivity index (χ2v) is 8.24. The summed E-state index contributed by atoms with van der Waals surface area (Å²) in [6.45, 7) is 1.95. The summed E-state index contributed by atoms with van der Waals surface area (Å²) in [6.07, 6.45) is 1.68. The molecule has 104 valence electrons. The standard InChI is InChI=1S/C13H13N3OS3/c1-9-11(13(20(2)17)16-14-8-18-13)19-12(15-9)10-6-4-3-5-7-10/h3-7H,8H2,1-2H3. The fraction of sp³-hybridized carbons (Fsp3) is 0.308. The predicted octanol–water partition coefficient (Wildman–Crippen LogP) is 3.76. The van der Waals surface area contributed by atoms with Crippen LogP contribution in [0, 0.1) is 6.92 Å². The molecule has 0 radical (unpaired) electrons. The minimum Gasteiger partial charge on any atom is -0.256 e. The summed E-state index contributed by atoms with van der Waals surface area (Å²) in [5.74, 6) is 0.553. The minimum atomic E-state index is -1.13. The third-order valence-corrected chi connectivity index (χ3v) is 7.63. The van der Waals surface area contributed by atoms with E-state index in [0.717, 1.165) is 21.1 Å². The van der Waals surface area contributed by atoms with Crippen LogP contribution >= 0.6 is 23.1 Å². The van der Waals surface area contributed by atoms with Crippen molar-refractivity contribution in [1.82, 2.24) is 4.98 Å². The molecular formula is C13H13N3OS3. The maximum atomic E-state index is 12.2. The molecule has 0 bridgehead atoms. The molecule has 2 atom stereocenters. The minimum absolute atomic E-state index is 0.553. The van der Waals surface area contributed by atoms with Gasteiger partial charge in [-0.3, -0.25) is 4.21 Å². The molecule has 0 saturated carbocycles. The van der Waals surface area contributed by atoms with Gasteiger partial charge in [-0.15, -0.1) is 11.3 Å². The molecule has 1 aliphatic rings. The third-order valence-electron chi connectivity index (χ3n) is 3.01. The van der Waals surface area contributed by atoms with Crippen molar-refractivity contribution >= 4 is 33.9 Å². The molecule has 3 rings (SSSR count). The molecule has 0 spiro atoms. The van der Waals surface area contributed by atoms with Crippen LogP contribution in [0.3, 0.4) is 0 Å². The predicted molar refractivity (Wildman–Crippen MR) is 85.3 cm³/mol. The second kappa shape index (κ2) is 5.38. The fourth-order valence-electron chi connectivity index (χ4n) is 2.04. The van der Waals surface area contributed by atoms with Gasteiger partial charge in [-0.1, -0.05) is 42.1 Å². The van der Waals surface area contributed by atoms with Gasteiger partial charge in [0.15, 0.2) is 0 Å². The maximum absolute atomic E-state index is 12.2.